The second-order valence-corrected chi connectivity index (χ2v) is 4.83. The molecule has 1 N–H and O–H groups in total. The van der Waals surface area contributed by atoms with Crippen molar-refractivity contribution in [1.82, 2.24) is 4.90 Å². The van der Waals surface area contributed by atoms with Crippen LogP contribution in [0.4, 0.5) is 13.2 Å². The highest BCUT2D eigenvalue weighted by Gasteiger charge is 2.31. The van der Waals surface area contributed by atoms with E-state index in [-0.39, 0.29) is 30.5 Å². The number of ether oxygens (including phenoxy) is 1. The Morgan fingerprint density at radius 2 is 1.95 bits per heavy atom. The van der Waals surface area contributed by atoms with E-state index >= 15 is 0 Å². The molecule has 0 spiro atoms. The van der Waals surface area contributed by atoms with E-state index in [4.69, 9.17) is 9.84 Å². The topological polar surface area (TPSA) is 49.8 Å². The maximum Gasteiger partial charge on any atom is 0.401 e. The van der Waals surface area contributed by atoms with E-state index in [1.165, 1.54) is 17.0 Å². The summed E-state index contributed by atoms with van der Waals surface area (Å²) in [6.07, 6.45) is -4.27. The van der Waals surface area contributed by atoms with Gasteiger partial charge in [0.2, 0.25) is 0 Å². The third-order valence-corrected chi connectivity index (χ3v) is 2.87. The van der Waals surface area contributed by atoms with Crippen LogP contribution in [0.1, 0.15) is 24.2 Å². The number of carbonyl (C=O) groups is 1. The molecule has 1 aromatic rings. The molecule has 0 aliphatic heterocycles. The van der Waals surface area contributed by atoms with Crippen LogP contribution < -0.4 is 4.74 Å². The molecule has 0 fully saturated rings. The first-order chi connectivity index (χ1) is 9.70. The quantitative estimate of drug-likeness (QED) is 0.841. The van der Waals surface area contributed by atoms with E-state index in [9.17, 15) is 18.0 Å². The van der Waals surface area contributed by atoms with E-state index in [0.717, 1.165) is 0 Å². The Kier molecular flexibility index (Phi) is 6.02. The van der Waals surface area contributed by atoms with Gasteiger partial charge in [-0.3, -0.25) is 4.90 Å². The van der Waals surface area contributed by atoms with Gasteiger partial charge in [-0.2, -0.15) is 13.2 Å². The standard InChI is InChI=1S/C14H18F3NO3/c1-10(2)18(9-14(15,16)17)7-8-21-12-6-4-3-5-11(12)13(19)20/h3-6,10H,7-9H2,1-2H3,(H,19,20). The highest BCUT2D eigenvalue weighted by atomic mass is 19.4. The molecule has 0 saturated heterocycles. The molecule has 1 rings (SSSR count). The Balaban J connectivity index is 2.61. The number of aromatic carboxylic acids is 1. The summed E-state index contributed by atoms with van der Waals surface area (Å²) < 4.78 is 42.6. The number of para-hydroxylation sites is 1. The van der Waals surface area contributed by atoms with E-state index in [0.29, 0.717) is 0 Å². The molecule has 0 unspecified atom stereocenters. The van der Waals surface area contributed by atoms with Crippen LogP contribution >= 0.6 is 0 Å². The van der Waals surface area contributed by atoms with Crippen LogP contribution in [0.25, 0.3) is 0 Å². The first kappa shape index (κ1) is 17.3. The molecule has 21 heavy (non-hydrogen) atoms. The van der Waals surface area contributed by atoms with Crippen molar-refractivity contribution in [3.63, 3.8) is 0 Å². The number of carboxylic acid groups (broad SMARTS) is 1. The van der Waals surface area contributed by atoms with Gasteiger partial charge in [-0.25, -0.2) is 4.79 Å². The first-order valence-electron chi connectivity index (χ1n) is 6.46. The van der Waals surface area contributed by atoms with Crippen LogP contribution in [0.5, 0.6) is 5.75 Å². The van der Waals surface area contributed by atoms with Gasteiger partial charge in [-0.05, 0) is 26.0 Å². The fraction of sp³-hybridized carbons (Fsp3) is 0.500. The number of carboxylic acids is 1. The lowest BCUT2D eigenvalue weighted by Gasteiger charge is -2.27. The Bertz CT molecular complexity index is 475. The molecule has 0 atom stereocenters. The van der Waals surface area contributed by atoms with Crippen LogP contribution in [-0.2, 0) is 0 Å². The van der Waals surface area contributed by atoms with Crippen LogP contribution in [0.15, 0.2) is 24.3 Å². The number of halogens is 3. The number of hydrogen-bond acceptors (Lipinski definition) is 3. The Morgan fingerprint density at radius 1 is 1.33 bits per heavy atom. The molecule has 0 aromatic heterocycles. The first-order valence-corrected chi connectivity index (χ1v) is 6.46. The predicted octanol–water partition coefficient (Wildman–Crippen LogP) is 3.04. The van der Waals surface area contributed by atoms with Crippen molar-refractivity contribution >= 4 is 5.97 Å². The van der Waals surface area contributed by atoms with Crippen molar-refractivity contribution in [2.75, 3.05) is 19.7 Å². The van der Waals surface area contributed by atoms with Crippen molar-refractivity contribution < 1.29 is 27.8 Å². The third-order valence-electron chi connectivity index (χ3n) is 2.87. The van der Waals surface area contributed by atoms with E-state index in [1.54, 1.807) is 26.0 Å². The number of hydrogen-bond donors (Lipinski definition) is 1. The third kappa shape index (κ3) is 6.03. The summed E-state index contributed by atoms with van der Waals surface area (Å²) in [5.41, 5.74) is -0.00980. The highest BCUT2D eigenvalue weighted by molar-refractivity contribution is 5.90. The highest BCUT2D eigenvalue weighted by Crippen LogP contribution is 2.19. The SMILES string of the molecule is CC(C)N(CCOc1ccccc1C(=O)O)CC(F)(F)F. The van der Waals surface area contributed by atoms with Crippen molar-refractivity contribution in [3.8, 4) is 5.75 Å². The normalized spacial score (nSPS) is 12.0. The van der Waals surface area contributed by atoms with Gasteiger partial charge in [0.05, 0.1) is 6.54 Å². The molecule has 7 heteroatoms. The van der Waals surface area contributed by atoms with Crippen molar-refractivity contribution in [3.05, 3.63) is 29.8 Å². The molecule has 0 aliphatic carbocycles. The average molecular weight is 305 g/mol. The lowest BCUT2D eigenvalue weighted by atomic mass is 10.2. The van der Waals surface area contributed by atoms with Gasteiger partial charge < -0.3 is 9.84 Å². The molecule has 0 saturated carbocycles. The van der Waals surface area contributed by atoms with Crippen LogP contribution in [-0.4, -0.2) is 47.9 Å². The smallest absolute Gasteiger partial charge is 0.401 e. The Morgan fingerprint density at radius 3 is 2.48 bits per heavy atom. The minimum Gasteiger partial charge on any atom is -0.491 e. The molecular weight excluding hydrogens is 287 g/mol. The summed E-state index contributed by atoms with van der Waals surface area (Å²) in [5, 5.41) is 8.98. The Labute approximate surface area is 121 Å². The van der Waals surface area contributed by atoms with Gasteiger partial charge >= 0.3 is 12.1 Å². The second-order valence-electron chi connectivity index (χ2n) is 4.83. The number of rotatable bonds is 7. The minimum absolute atomic E-state index is 0.00980. The van der Waals surface area contributed by atoms with Gasteiger partial charge in [0.1, 0.15) is 17.9 Å². The van der Waals surface area contributed by atoms with Crippen molar-refractivity contribution in [2.24, 2.45) is 0 Å². The van der Waals surface area contributed by atoms with Crippen molar-refractivity contribution in [2.45, 2.75) is 26.1 Å². The monoisotopic (exact) mass is 305 g/mol. The van der Waals surface area contributed by atoms with Gasteiger partial charge in [0.25, 0.3) is 0 Å². The van der Waals surface area contributed by atoms with Crippen molar-refractivity contribution in [1.29, 1.82) is 0 Å². The molecule has 118 valence electrons. The van der Waals surface area contributed by atoms with E-state index < -0.39 is 18.7 Å². The lowest BCUT2D eigenvalue weighted by molar-refractivity contribution is -0.150. The number of alkyl halides is 3. The fourth-order valence-corrected chi connectivity index (χ4v) is 1.79. The molecule has 0 bridgehead atoms. The molecule has 0 amide bonds. The average Bonchev–Trinajstić information content (AvgIpc) is 2.36. The van der Waals surface area contributed by atoms with Crippen LogP contribution in [0.3, 0.4) is 0 Å². The largest absolute Gasteiger partial charge is 0.491 e. The fourth-order valence-electron chi connectivity index (χ4n) is 1.79. The zero-order valence-electron chi connectivity index (χ0n) is 11.9. The Hall–Kier alpha value is -1.76. The summed E-state index contributed by atoms with van der Waals surface area (Å²) >= 11 is 0. The molecule has 4 nitrogen and oxygen atoms in total. The van der Waals surface area contributed by atoms with Gasteiger partial charge in [-0.1, -0.05) is 12.1 Å². The summed E-state index contributed by atoms with van der Waals surface area (Å²) in [6, 6.07) is 5.74. The lowest BCUT2D eigenvalue weighted by Crippen LogP contribution is -2.41. The molecular formula is C14H18F3NO3. The summed E-state index contributed by atoms with van der Waals surface area (Å²) in [4.78, 5) is 12.2. The summed E-state index contributed by atoms with van der Waals surface area (Å²) in [7, 11) is 0. The summed E-state index contributed by atoms with van der Waals surface area (Å²) in [6.45, 7) is 2.35. The number of benzene rings is 1. The minimum atomic E-state index is -4.27. The second kappa shape index (κ2) is 7.31. The van der Waals surface area contributed by atoms with Gasteiger partial charge in [0.15, 0.2) is 0 Å². The zero-order chi connectivity index (χ0) is 16.0. The van der Waals surface area contributed by atoms with E-state index in [2.05, 4.69) is 0 Å². The molecule has 1 aromatic carbocycles. The molecule has 0 heterocycles. The molecule has 0 radical (unpaired) electrons. The van der Waals surface area contributed by atoms with Gasteiger partial charge in [-0.15, -0.1) is 0 Å². The predicted molar refractivity (Wildman–Crippen MR) is 71.7 cm³/mol. The maximum absolute atomic E-state index is 12.4. The van der Waals surface area contributed by atoms with Crippen LogP contribution in [0.2, 0.25) is 0 Å². The van der Waals surface area contributed by atoms with Crippen LogP contribution in [0, 0.1) is 0 Å². The maximum atomic E-state index is 12.4. The number of nitrogens with zero attached hydrogens (tertiary/aromatic N) is 1. The van der Waals surface area contributed by atoms with E-state index in [1.807, 2.05) is 0 Å². The zero-order valence-corrected chi connectivity index (χ0v) is 11.9. The molecule has 0 aliphatic rings. The summed E-state index contributed by atoms with van der Waals surface area (Å²) in [5.74, 6) is -0.984. The van der Waals surface area contributed by atoms with Gasteiger partial charge in [0, 0.05) is 12.6 Å².